The van der Waals surface area contributed by atoms with Gasteiger partial charge >= 0.3 is 0 Å². The van der Waals surface area contributed by atoms with Gasteiger partial charge in [-0.05, 0) is 6.08 Å². The molecule has 2 aliphatic rings. The maximum atomic E-state index is 5.11. The molecule has 3 nitrogen and oxygen atoms in total. The summed E-state index contributed by atoms with van der Waals surface area (Å²) in [6, 6.07) is 0.183. The lowest BCUT2D eigenvalue weighted by Crippen LogP contribution is -2.23. The van der Waals surface area contributed by atoms with Crippen molar-refractivity contribution < 1.29 is 4.74 Å². The van der Waals surface area contributed by atoms with E-state index in [9.17, 15) is 0 Å². The van der Waals surface area contributed by atoms with Gasteiger partial charge in [0.2, 0.25) is 0 Å². The Kier molecular flexibility index (Phi) is 0.886. The molecule has 2 atom stereocenters. The molecule has 0 aromatic heterocycles. The topological polar surface area (TPSA) is 34.0 Å². The molecule has 2 unspecified atom stereocenters. The van der Waals surface area contributed by atoms with E-state index in [-0.39, 0.29) is 12.1 Å². The maximum Gasteiger partial charge on any atom is 0.159 e. The molecule has 2 rings (SSSR count). The average molecular weight is 122 g/mol. The van der Waals surface area contributed by atoms with E-state index in [1.807, 2.05) is 6.08 Å². The number of aliphatic imine (C=N–C) groups is 2. The first-order chi connectivity index (χ1) is 4.47. The van der Waals surface area contributed by atoms with Crippen LogP contribution in [0.2, 0.25) is 0 Å². The van der Waals surface area contributed by atoms with Crippen molar-refractivity contribution >= 4 is 12.6 Å². The number of hydrogen-bond acceptors (Lipinski definition) is 3. The molecule has 0 fully saturated rings. The lowest BCUT2D eigenvalue weighted by molar-refractivity contribution is 0.222. The molecule has 0 aliphatic carbocycles. The summed E-state index contributed by atoms with van der Waals surface area (Å²) in [6.45, 7) is 0. The monoisotopic (exact) mass is 122 g/mol. The second-order valence-corrected chi connectivity index (χ2v) is 1.98. The third-order valence-electron chi connectivity index (χ3n) is 1.39. The van der Waals surface area contributed by atoms with Crippen LogP contribution in [-0.2, 0) is 4.74 Å². The molecule has 0 bridgehead atoms. The van der Waals surface area contributed by atoms with Gasteiger partial charge in [0.15, 0.2) is 6.10 Å². The fraction of sp³-hybridized carbons (Fsp3) is 0.333. The number of hydrogen-bond donors (Lipinski definition) is 0. The largest absolute Gasteiger partial charge is 0.490 e. The Morgan fingerprint density at radius 3 is 3.33 bits per heavy atom. The summed E-state index contributed by atoms with van der Waals surface area (Å²) in [6.07, 6.45) is 6.98. The predicted molar refractivity (Wildman–Crippen MR) is 34.8 cm³/mol. The summed E-state index contributed by atoms with van der Waals surface area (Å²) < 4.78 is 5.11. The zero-order chi connectivity index (χ0) is 6.10. The van der Waals surface area contributed by atoms with Crippen LogP contribution in [0.1, 0.15) is 0 Å². The highest BCUT2D eigenvalue weighted by Gasteiger charge is 2.22. The molecule has 0 amide bonds. The molecule has 3 heteroatoms. The quantitative estimate of drug-likeness (QED) is 0.457. The van der Waals surface area contributed by atoms with E-state index in [0.29, 0.717) is 0 Å². The highest BCUT2D eigenvalue weighted by molar-refractivity contribution is 5.79. The molecule has 46 valence electrons. The minimum absolute atomic E-state index is 0.0648. The van der Waals surface area contributed by atoms with Crippen molar-refractivity contribution in [3.63, 3.8) is 0 Å². The normalized spacial score (nSPS) is 36.4. The highest BCUT2D eigenvalue weighted by Crippen LogP contribution is 2.13. The van der Waals surface area contributed by atoms with Gasteiger partial charge in [0.25, 0.3) is 0 Å². The van der Waals surface area contributed by atoms with Gasteiger partial charge in [-0.25, -0.2) is 4.99 Å². The second kappa shape index (κ2) is 1.69. The molecular weight excluding hydrogens is 116 g/mol. The van der Waals surface area contributed by atoms with Crippen LogP contribution < -0.4 is 0 Å². The minimum Gasteiger partial charge on any atom is -0.490 e. The Balaban J connectivity index is 2.25. The highest BCUT2D eigenvalue weighted by atomic mass is 16.5. The van der Waals surface area contributed by atoms with E-state index in [0.717, 1.165) is 0 Å². The zero-order valence-corrected chi connectivity index (χ0v) is 4.77. The van der Waals surface area contributed by atoms with Gasteiger partial charge in [-0.2, -0.15) is 0 Å². The van der Waals surface area contributed by atoms with Gasteiger partial charge in [0, 0.05) is 6.21 Å². The summed E-state index contributed by atoms with van der Waals surface area (Å²) in [5.74, 6) is 0. The van der Waals surface area contributed by atoms with E-state index in [4.69, 9.17) is 4.74 Å². The Hall–Kier alpha value is -1.12. The molecule has 2 aliphatic heterocycles. The van der Waals surface area contributed by atoms with E-state index in [2.05, 4.69) is 9.98 Å². The van der Waals surface area contributed by atoms with Crippen molar-refractivity contribution in [2.24, 2.45) is 9.98 Å². The van der Waals surface area contributed by atoms with Crippen LogP contribution >= 0.6 is 0 Å². The maximum absolute atomic E-state index is 5.11. The van der Waals surface area contributed by atoms with Crippen LogP contribution in [0.15, 0.2) is 22.3 Å². The van der Waals surface area contributed by atoms with Crippen LogP contribution in [0.3, 0.4) is 0 Å². The predicted octanol–water partition coefficient (Wildman–Crippen LogP) is 0.380. The van der Waals surface area contributed by atoms with Crippen molar-refractivity contribution in [2.45, 2.75) is 12.1 Å². The molecule has 9 heavy (non-hydrogen) atoms. The minimum atomic E-state index is 0.0648. The van der Waals surface area contributed by atoms with Gasteiger partial charge in [-0.15, -0.1) is 0 Å². The van der Waals surface area contributed by atoms with Crippen molar-refractivity contribution in [1.82, 2.24) is 0 Å². The summed E-state index contributed by atoms with van der Waals surface area (Å²) in [5.41, 5.74) is 0. The number of nitrogens with zero attached hydrogens (tertiary/aromatic N) is 2. The van der Waals surface area contributed by atoms with Gasteiger partial charge in [-0.3, -0.25) is 4.99 Å². The third kappa shape index (κ3) is 0.650. The zero-order valence-electron chi connectivity index (χ0n) is 4.77. The number of fused-ring (bicyclic) bond motifs is 1. The Morgan fingerprint density at radius 2 is 2.44 bits per heavy atom. The molecule has 0 saturated carbocycles. The number of ether oxygens (including phenoxy) is 1. The van der Waals surface area contributed by atoms with Crippen molar-refractivity contribution in [2.75, 3.05) is 0 Å². The van der Waals surface area contributed by atoms with Gasteiger partial charge < -0.3 is 4.74 Å². The second-order valence-electron chi connectivity index (χ2n) is 1.98. The molecule has 0 spiro atoms. The SMILES string of the molecule is C1=CC2N=CN=CC2O1. The van der Waals surface area contributed by atoms with Crippen molar-refractivity contribution in [1.29, 1.82) is 0 Å². The molecule has 0 aromatic rings. The van der Waals surface area contributed by atoms with Gasteiger partial charge in [0.1, 0.15) is 12.4 Å². The fourth-order valence-electron chi connectivity index (χ4n) is 0.903. The lowest BCUT2D eigenvalue weighted by atomic mass is 10.2. The summed E-state index contributed by atoms with van der Waals surface area (Å²) in [7, 11) is 0. The summed E-state index contributed by atoms with van der Waals surface area (Å²) >= 11 is 0. The molecule has 0 aromatic carbocycles. The molecule has 2 heterocycles. The standard InChI is InChI=1S/C6H6N2O/c1-2-9-6-3-7-4-8-5(1)6/h1-6H. The van der Waals surface area contributed by atoms with E-state index in [1.165, 1.54) is 0 Å². The summed E-state index contributed by atoms with van der Waals surface area (Å²) in [4.78, 5) is 7.89. The van der Waals surface area contributed by atoms with Crippen molar-refractivity contribution in [3.05, 3.63) is 12.3 Å². The van der Waals surface area contributed by atoms with E-state index >= 15 is 0 Å². The Morgan fingerprint density at radius 1 is 1.44 bits per heavy atom. The smallest absolute Gasteiger partial charge is 0.159 e. The molecule has 0 saturated heterocycles. The molecule has 0 N–H and O–H groups in total. The van der Waals surface area contributed by atoms with Crippen LogP contribution in [0.25, 0.3) is 0 Å². The van der Waals surface area contributed by atoms with Crippen LogP contribution in [0, 0.1) is 0 Å². The van der Waals surface area contributed by atoms with Crippen molar-refractivity contribution in [3.8, 4) is 0 Å². The third-order valence-corrected chi connectivity index (χ3v) is 1.39. The first-order valence-electron chi connectivity index (χ1n) is 2.84. The van der Waals surface area contributed by atoms with Gasteiger partial charge in [-0.1, -0.05) is 0 Å². The first-order valence-corrected chi connectivity index (χ1v) is 2.84. The van der Waals surface area contributed by atoms with Crippen LogP contribution in [0.4, 0.5) is 0 Å². The Labute approximate surface area is 52.8 Å². The lowest BCUT2D eigenvalue weighted by Gasteiger charge is -2.11. The van der Waals surface area contributed by atoms with Gasteiger partial charge in [0.05, 0.1) is 6.26 Å². The Bertz CT molecular complexity index is 195. The fourth-order valence-corrected chi connectivity index (χ4v) is 0.903. The van der Waals surface area contributed by atoms with Crippen LogP contribution in [0.5, 0.6) is 0 Å². The first kappa shape index (κ1) is 4.73. The molecular formula is C6H6N2O. The van der Waals surface area contributed by atoms with E-state index in [1.54, 1.807) is 18.8 Å². The molecule has 0 radical (unpaired) electrons. The number of rotatable bonds is 0. The van der Waals surface area contributed by atoms with Crippen LogP contribution in [-0.4, -0.2) is 24.7 Å². The summed E-state index contributed by atoms with van der Waals surface area (Å²) in [5, 5.41) is 0. The average Bonchev–Trinajstić information content (AvgIpc) is 2.33. The van der Waals surface area contributed by atoms with E-state index < -0.39 is 0 Å².